The van der Waals surface area contributed by atoms with Crippen molar-refractivity contribution in [1.82, 2.24) is 9.97 Å². The highest BCUT2D eigenvalue weighted by Gasteiger charge is 2.36. The van der Waals surface area contributed by atoms with Gasteiger partial charge in [-0.05, 0) is 6.92 Å². The third-order valence-electron chi connectivity index (χ3n) is 1.28. The lowest BCUT2D eigenvalue weighted by molar-refractivity contribution is 0.169. The number of nitrogens with one attached hydrogen (secondary N) is 1. The van der Waals surface area contributed by atoms with Crippen molar-refractivity contribution in [3.8, 4) is 0 Å². The van der Waals surface area contributed by atoms with Crippen molar-refractivity contribution < 1.29 is 18.7 Å². The van der Waals surface area contributed by atoms with Crippen LogP contribution in [0.3, 0.4) is 0 Å². The van der Waals surface area contributed by atoms with Gasteiger partial charge in [-0.2, -0.15) is 0 Å². The summed E-state index contributed by atoms with van der Waals surface area (Å²) in [5.74, 6) is 0. The molecule has 0 saturated carbocycles. The summed E-state index contributed by atoms with van der Waals surface area (Å²) in [6, 6.07) is 0. The molecule has 0 amide bonds. The van der Waals surface area contributed by atoms with Gasteiger partial charge in [-0.3, -0.25) is 9.09 Å². The summed E-state index contributed by atoms with van der Waals surface area (Å²) < 4.78 is 18.9. The van der Waals surface area contributed by atoms with Crippen LogP contribution in [0.2, 0.25) is 0 Å². The van der Waals surface area contributed by atoms with Crippen LogP contribution >= 0.6 is 8.25 Å². The summed E-state index contributed by atoms with van der Waals surface area (Å²) in [4.78, 5) is 14.5. The fourth-order valence-electron chi connectivity index (χ4n) is 0.604. The molecular formula is C6H11N2O4P. The van der Waals surface area contributed by atoms with Crippen LogP contribution in [-0.2, 0) is 13.8 Å². The summed E-state index contributed by atoms with van der Waals surface area (Å²) in [5.41, 5.74) is 0. The maximum absolute atomic E-state index is 9.88. The lowest BCUT2D eigenvalue weighted by Gasteiger charge is -1.87. The Hall–Kier alpha value is -0.680. The molecule has 0 aliphatic carbocycles. The molecule has 13 heavy (non-hydrogen) atoms. The molecule has 2 rings (SSSR count). The van der Waals surface area contributed by atoms with E-state index < -0.39 is 14.5 Å². The van der Waals surface area contributed by atoms with E-state index in [0.717, 1.165) is 0 Å². The predicted octanol–water partition coefficient (Wildman–Crippen LogP) is 0.539. The molecule has 6 nitrogen and oxygen atoms in total. The third-order valence-corrected chi connectivity index (χ3v) is 1.71. The average Bonchev–Trinajstić information content (AvgIpc) is 2.60. The van der Waals surface area contributed by atoms with Gasteiger partial charge in [0.25, 0.3) is 0 Å². The Kier molecular flexibility index (Phi) is 4.11. The van der Waals surface area contributed by atoms with E-state index in [-0.39, 0.29) is 6.10 Å². The molecule has 0 radical (unpaired) electrons. The minimum Gasteiger partial charge on any atom is -0.351 e. The van der Waals surface area contributed by atoms with Crippen LogP contribution in [0.5, 0.6) is 0 Å². The monoisotopic (exact) mass is 206 g/mol. The van der Waals surface area contributed by atoms with Gasteiger partial charge in [-0.1, -0.05) is 0 Å². The van der Waals surface area contributed by atoms with Crippen molar-refractivity contribution >= 4 is 8.25 Å². The van der Waals surface area contributed by atoms with Crippen LogP contribution in [0.1, 0.15) is 6.92 Å². The zero-order chi connectivity index (χ0) is 9.68. The van der Waals surface area contributed by atoms with Gasteiger partial charge in [0.1, 0.15) is 6.10 Å². The van der Waals surface area contributed by atoms with Crippen LogP contribution in [0.4, 0.5) is 0 Å². The molecule has 1 saturated heterocycles. The maximum atomic E-state index is 9.88. The molecule has 2 N–H and O–H groups in total. The maximum Gasteiger partial charge on any atom is 0.318 e. The van der Waals surface area contributed by atoms with E-state index in [2.05, 4.69) is 19.2 Å². The van der Waals surface area contributed by atoms with E-state index in [9.17, 15) is 4.57 Å². The zero-order valence-electron chi connectivity index (χ0n) is 7.01. The highest BCUT2D eigenvalue weighted by molar-refractivity contribution is 7.32. The quantitative estimate of drug-likeness (QED) is 0.544. The molecule has 74 valence electrons. The number of H-pyrrole nitrogens is 1. The lowest BCUT2D eigenvalue weighted by Crippen LogP contribution is -1.87. The average molecular weight is 206 g/mol. The third kappa shape index (κ3) is 4.80. The second kappa shape index (κ2) is 5.14. The SMILES string of the molecule is C[C@H]1O[C@H]1O[PH](=O)O.c1c[nH]cn1. The number of rotatable bonds is 2. The molecule has 1 unspecified atom stereocenters. The van der Waals surface area contributed by atoms with Gasteiger partial charge in [-0.15, -0.1) is 0 Å². The van der Waals surface area contributed by atoms with Crippen LogP contribution in [0.25, 0.3) is 0 Å². The number of imidazole rings is 1. The highest BCUT2D eigenvalue weighted by Crippen LogP contribution is 2.31. The van der Waals surface area contributed by atoms with Crippen molar-refractivity contribution in [1.29, 1.82) is 0 Å². The Morgan fingerprint density at radius 3 is 2.62 bits per heavy atom. The second-order valence-electron chi connectivity index (χ2n) is 2.35. The van der Waals surface area contributed by atoms with Crippen molar-refractivity contribution in [2.24, 2.45) is 0 Å². The molecule has 0 bridgehead atoms. The van der Waals surface area contributed by atoms with Gasteiger partial charge < -0.3 is 14.6 Å². The molecule has 1 aromatic rings. The molecule has 0 aromatic carbocycles. The Bertz CT molecular complexity index is 236. The van der Waals surface area contributed by atoms with E-state index >= 15 is 0 Å². The van der Waals surface area contributed by atoms with Crippen molar-refractivity contribution in [3.05, 3.63) is 18.7 Å². The second-order valence-corrected chi connectivity index (χ2v) is 3.12. The predicted molar refractivity (Wildman–Crippen MR) is 45.2 cm³/mol. The molecule has 1 aliphatic heterocycles. The van der Waals surface area contributed by atoms with Gasteiger partial charge in [0, 0.05) is 12.4 Å². The van der Waals surface area contributed by atoms with Crippen molar-refractivity contribution in [2.75, 3.05) is 0 Å². The highest BCUT2D eigenvalue weighted by atomic mass is 31.1. The van der Waals surface area contributed by atoms with E-state index in [1.54, 1.807) is 25.6 Å². The van der Waals surface area contributed by atoms with E-state index in [0.29, 0.717) is 0 Å². The minimum atomic E-state index is -2.78. The Morgan fingerprint density at radius 1 is 1.77 bits per heavy atom. The molecular weight excluding hydrogens is 195 g/mol. The van der Waals surface area contributed by atoms with Gasteiger partial charge in [0.15, 0.2) is 6.29 Å². The van der Waals surface area contributed by atoms with Gasteiger partial charge >= 0.3 is 8.25 Å². The van der Waals surface area contributed by atoms with Crippen LogP contribution in [0, 0.1) is 0 Å². The lowest BCUT2D eigenvalue weighted by atomic mass is 10.5. The van der Waals surface area contributed by atoms with Crippen LogP contribution < -0.4 is 0 Å². The van der Waals surface area contributed by atoms with E-state index in [4.69, 9.17) is 4.89 Å². The fraction of sp³-hybridized carbons (Fsp3) is 0.500. The summed E-state index contributed by atoms with van der Waals surface area (Å²) in [6.45, 7) is 1.77. The van der Waals surface area contributed by atoms with Gasteiger partial charge in [0.2, 0.25) is 0 Å². The molecule has 1 fully saturated rings. The normalized spacial score (nSPS) is 27.2. The van der Waals surface area contributed by atoms with Crippen LogP contribution in [-0.4, -0.2) is 27.3 Å². The van der Waals surface area contributed by atoms with E-state index in [1.165, 1.54) is 0 Å². The first kappa shape index (κ1) is 10.4. The first-order valence-corrected chi connectivity index (χ1v) is 4.94. The summed E-state index contributed by atoms with van der Waals surface area (Å²) >= 11 is 0. The fourth-order valence-corrected chi connectivity index (χ4v) is 1.05. The largest absolute Gasteiger partial charge is 0.351 e. The summed E-state index contributed by atoms with van der Waals surface area (Å²) in [5, 5.41) is 0. The van der Waals surface area contributed by atoms with Gasteiger partial charge in [0.05, 0.1) is 6.33 Å². The first-order valence-electron chi connectivity index (χ1n) is 3.68. The molecule has 7 heteroatoms. The standard InChI is InChI=1S/C3H4N2.C3H7O4P/c1-2-5-3-4-1;1-2-3(6-2)7-8(4)5/h1-3H,(H,4,5);2-3,8H,1H3,(H,4,5)/t;2-,3+/m.1/s1. The van der Waals surface area contributed by atoms with Crippen LogP contribution in [0.15, 0.2) is 18.7 Å². The number of hydrogen-bond donors (Lipinski definition) is 2. The number of ether oxygens (including phenoxy) is 1. The zero-order valence-corrected chi connectivity index (χ0v) is 8.01. The number of aromatic nitrogens is 2. The summed E-state index contributed by atoms with van der Waals surface area (Å²) in [6.07, 6.45) is 4.66. The summed E-state index contributed by atoms with van der Waals surface area (Å²) in [7, 11) is -2.78. The smallest absolute Gasteiger partial charge is 0.318 e. The number of aromatic amines is 1. The number of hydrogen-bond acceptors (Lipinski definition) is 4. The number of nitrogens with zero attached hydrogens (tertiary/aromatic N) is 1. The van der Waals surface area contributed by atoms with Crippen molar-refractivity contribution in [2.45, 2.75) is 19.3 Å². The minimum absolute atomic E-state index is 0.00361. The molecule has 3 atom stereocenters. The molecule has 2 heterocycles. The van der Waals surface area contributed by atoms with E-state index in [1.807, 2.05) is 0 Å². The Balaban J connectivity index is 0.000000145. The van der Waals surface area contributed by atoms with Gasteiger partial charge in [-0.25, -0.2) is 4.98 Å². The topological polar surface area (TPSA) is 87.7 Å². The van der Waals surface area contributed by atoms with Crippen molar-refractivity contribution in [3.63, 3.8) is 0 Å². The Morgan fingerprint density at radius 2 is 2.46 bits per heavy atom. The Labute approximate surface area is 75.9 Å². The first-order chi connectivity index (χ1) is 6.20. The molecule has 1 aromatic heterocycles. The molecule has 0 spiro atoms. The number of epoxide rings is 1. The molecule has 1 aliphatic rings.